The van der Waals surface area contributed by atoms with Gasteiger partial charge in [0.05, 0.1) is 17.8 Å². The SMILES string of the molecule is Cc1ncsc1CCOC(=O)c1cn(C)nc1C(F)(F)F. The van der Waals surface area contributed by atoms with Gasteiger partial charge in [0.2, 0.25) is 0 Å². The van der Waals surface area contributed by atoms with E-state index in [1.54, 1.807) is 5.51 Å². The second-order valence-electron chi connectivity index (χ2n) is 4.31. The lowest BCUT2D eigenvalue weighted by Crippen LogP contribution is -2.15. The van der Waals surface area contributed by atoms with E-state index in [0.717, 1.165) is 21.4 Å². The van der Waals surface area contributed by atoms with Gasteiger partial charge in [-0.25, -0.2) is 9.78 Å². The van der Waals surface area contributed by atoms with E-state index in [9.17, 15) is 18.0 Å². The molecule has 2 aromatic rings. The zero-order valence-electron chi connectivity index (χ0n) is 11.3. The van der Waals surface area contributed by atoms with Crippen molar-refractivity contribution in [1.29, 1.82) is 0 Å². The summed E-state index contributed by atoms with van der Waals surface area (Å²) in [6, 6.07) is 0. The smallest absolute Gasteiger partial charge is 0.436 e. The molecule has 0 radical (unpaired) electrons. The molecule has 0 N–H and O–H groups in total. The Morgan fingerprint density at radius 1 is 1.48 bits per heavy atom. The molecule has 2 rings (SSSR count). The number of hydrogen-bond donors (Lipinski definition) is 0. The summed E-state index contributed by atoms with van der Waals surface area (Å²) in [4.78, 5) is 16.7. The zero-order chi connectivity index (χ0) is 15.6. The molecule has 0 aliphatic heterocycles. The summed E-state index contributed by atoms with van der Waals surface area (Å²) in [5.74, 6) is -1.03. The summed E-state index contributed by atoms with van der Waals surface area (Å²) in [6.45, 7) is 1.81. The van der Waals surface area contributed by atoms with Gasteiger partial charge in [-0.3, -0.25) is 4.68 Å². The highest BCUT2D eigenvalue weighted by Gasteiger charge is 2.39. The fourth-order valence-corrected chi connectivity index (χ4v) is 2.49. The summed E-state index contributed by atoms with van der Waals surface area (Å²) in [7, 11) is 1.31. The average molecular weight is 319 g/mol. The number of nitrogens with zero attached hydrogens (tertiary/aromatic N) is 3. The van der Waals surface area contributed by atoms with Gasteiger partial charge in [-0.1, -0.05) is 0 Å². The van der Waals surface area contributed by atoms with Crippen LogP contribution in [0.3, 0.4) is 0 Å². The van der Waals surface area contributed by atoms with Crippen molar-refractivity contribution in [3.8, 4) is 0 Å². The van der Waals surface area contributed by atoms with Crippen LogP contribution in [0.1, 0.15) is 26.6 Å². The van der Waals surface area contributed by atoms with E-state index in [1.807, 2.05) is 6.92 Å². The number of hydrogen-bond acceptors (Lipinski definition) is 5. The van der Waals surface area contributed by atoms with Gasteiger partial charge in [0.1, 0.15) is 5.56 Å². The Hall–Kier alpha value is -1.90. The highest BCUT2D eigenvalue weighted by molar-refractivity contribution is 7.09. The predicted molar refractivity (Wildman–Crippen MR) is 69.0 cm³/mol. The largest absolute Gasteiger partial charge is 0.462 e. The standard InChI is InChI=1S/C12H12F3N3O2S/c1-7-9(21-6-16-7)3-4-20-11(19)8-5-18(2)17-10(8)12(13,14)15/h5-6H,3-4H2,1-2H3. The second kappa shape index (κ2) is 5.84. The maximum Gasteiger partial charge on any atom is 0.436 e. The Balaban J connectivity index is 2.02. The number of aromatic nitrogens is 3. The van der Waals surface area contributed by atoms with E-state index in [1.165, 1.54) is 18.4 Å². The van der Waals surface area contributed by atoms with E-state index in [-0.39, 0.29) is 6.61 Å². The molecule has 21 heavy (non-hydrogen) atoms. The first-order valence-corrected chi connectivity index (χ1v) is 6.84. The summed E-state index contributed by atoms with van der Waals surface area (Å²) in [5.41, 5.74) is 0.679. The number of esters is 1. The molecule has 0 aliphatic carbocycles. The summed E-state index contributed by atoms with van der Waals surface area (Å²) >= 11 is 1.41. The quantitative estimate of drug-likeness (QED) is 0.813. The lowest BCUT2D eigenvalue weighted by molar-refractivity contribution is -0.142. The van der Waals surface area contributed by atoms with Gasteiger partial charge >= 0.3 is 12.1 Å². The minimum Gasteiger partial charge on any atom is -0.462 e. The highest BCUT2D eigenvalue weighted by Crippen LogP contribution is 2.30. The molecule has 0 atom stereocenters. The van der Waals surface area contributed by atoms with Crippen LogP contribution in [-0.2, 0) is 24.4 Å². The van der Waals surface area contributed by atoms with Crippen LogP contribution in [0.5, 0.6) is 0 Å². The maximum absolute atomic E-state index is 12.7. The molecule has 0 bridgehead atoms. The van der Waals surface area contributed by atoms with Crippen molar-refractivity contribution in [1.82, 2.24) is 14.8 Å². The van der Waals surface area contributed by atoms with E-state index in [0.29, 0.717) is 6.42 Å². The first-order valence-electron chi connectivity index (χ1n) is 5.96. The van der Waals surface area contributed by atoms with Crippen molar-refractivity contribution < 1.29 is 22.7 Å². The van der Waals surface area contributed by atoms with Crippen LogP contribution in [-0.4, -0.2) is 27.3 Å². The lowest BCUT2D eigenvalue weighted by atomic mass is 10.2. The third kappa shape index (κ3) is 3.60. The fourth-order valence-electron chi connectivity index (χ4n) is 1.73. The molecular weight excluding hydrogens is 307 g/mol. The third-order valence-electron chi connectivity index (χ3n) is 2.72. The van der Waals surface area contributed by atoms with E-state index in [4.69, 9.17) is 4.74 Å². The molecule has 2 heterocycles. The molecule has 0 unspecified atom stereocenters. The molecule has 0 saturated carbocycles. The Kier molecular flexibility index (Phi) is 4.31. The molecule has 0 spiro atoms. The van der Waals surface area contributed by atoms with Crippen LogP contribution >= 0.6 is 11.3 Å². The first kappa shape index (κ1) is 15.5. The van der Waals surface area contributed by atoms with Crippen LogP contribution in [0.15, 0.2) is 11.7 Å². The topological polar surface area (TPSA) is 57.0 Å². The Morgan fingerprint density at radius 3 is 2.76 bits per heavy atom. The fraction of sp³-hybridized carbons (Fsp3) is 0.417. The molecule has 2 aromatic heterocycles. The van der Waals surface area contributed by atoms with Crippen molar-refractivity contribution in [3.63, 3.8) is 0 Å². The van der Waals surface area contributed by atoms with Crippen LogP contribution < -0.4 is 0 Å². The molecule has 0 saturated heterocycles. The van der Waals surface area contributed by atoms with E-state index in [2.05, 4.69) is 10.1 Å². The van der Waals surface area contributed by atoms with Crippen LogP contribution in [0.2, 0.25) is 0 Å². The molecule has 0 fully saturated rings. The van der Waals surface area contributed by atoms with Gasteiger partial charge < -0.3 is 4.74 Å². The minimum absolute atomic E-state index is 0.00589. The van der Waals surface area contributed by atoms with Crippen LogP contribution in [0.25, 0.3) is 0 Å². The molecule has 5 nitrogen and oxygen atoms in total. The van der Waals surface area contributed by atoms with Crippen molar-refractivity contribution in [2.45, 2.75) is 19.5 Å². The van der Waals surface area contributed by atoms with Crippen molar-refractivity contribution in [3.05, 3.63) is 33.5 Å². The number of halogens is 3. The molecule has 9 heteroatoms. The predicted octanol–water partition coefficient (Wildman–Crippen LogP) is 2.60. The van der Waals surface area contributed by atoms with E-state index >= 15 is 0 Å². The van der Waals surface area contributed by atoms with Gasteiger partial charge in [-0.15, -0.1) is 11.3 Å². The van der Waals surface area contributed by atoms with Crippen molar-refractivity contribution in [2.75, 3.05) is 6.61 Å². The minimum atomic E-state index is -4.69. The normalized spacial score (nSPS) is 11.7. The monoisotopic (exact) mass is 319 g/mol. The van der Waals surface area contributed by atoms with Crippen molar-refractivity contribution >= 4 is 17.3 Å². The third-order valence-corrected chi connectivity index (χ3v) is 3.72. The van der Waals surface area contributed by atoms with Crippen LogP contribution in [0, 0.1) is 6.92 Å². The van der Waals surface area contributed by atoms with Gasteiger partial charge in [0, 0.05) is 24.5 Å². The molecule has 0 aromatic carbocycles. The molecule has 0 amide bonds. The number of carbonyl (C=O) groups excluding carboxylic acids is 1. The average Bonchev–Trinajstić information content (AvgIpc) is 2.95. The number of carbonyl (C=O) groups is 1. The number of aryl methyl sites for hydroxylation is 2. The highest BCUT2D eigenvalue weighted by atomic mass is 32.1. The van der Waals surface area contributed by atoms with Crippen LogP contribution in [0.4, 0.5) is 13.2 Å². The first-order chi connectivity index (χ1) is 9.79. The number of ether oxygens (including phenoxy) is 1. The van der Waals surface area contributed by atoms with Gasteiger partial charge in [0.15, 0.2) is 5.69 Å². The van der Waals surface area contributed by atoms with Gasteiger partial charge in [-0.05, 0) is 6.92 Å². The maximum atomic E-state index is 12.7. The number of rotatable bonds is 4. The Morgan fingerprint density at radius 2 is 2.19 bits per heavy atom. The zero-order valence-corrected chi connectivity index (χ0v) is 12.1. The van der Waals surface area contributed by atoms with Crippen molar-refractivity contribution in [2.24, 2.45) is 7.05 Å². The molecular formula is C12H12F3N3O2S. The molecule has 0 aliphatic rings. The second-order valence-corrected chi connectivity index (χ2v) is 5.25. The number of alkyl halides is 3. The van der Waals surface area contributed by atoms with Gasteiger partial charge in [-0.2, -0.15) is 18.3 Å². The van der Waals surface area contributed by atoms with Gasteiger partial charge in [0.25, 0.3) is 0 Å². The Labute approximate surface area is 122 Å². The van der Waals surface area contributed by atoms with E-state index < -0.39 is 23.4 Å². The summed E-state index contributed by atoms with van der Waals surface area (Å²) in [6.07, 6.45) is -3.27. The molecule has 114 valence electrons. The number of thiazole rings is 1. The summed E-state index contributed by atoms with van der Waals surface area (Å²) < 4.78 is 44.0. The lowest BCUT2D eigenvalue weighted by Gasteiger charge is -2.06. The Bertz CT molecular complexity index is 648. The summed E-state index contributed by atoms with van der Waals surface area (Å²) in [5, 5.41) is 3.26.